The summed E-state index contributed by atoms with van der Waals surface area (Å²) in [6, 6.07) is 27.9. The highest BCUT2D eigenvalue weighted by Gasteiger charge is 2.18. The molecular formula is C25H27N3. The Balaban J connectivity index is 1.79. The van der Waals surface area contributed by atoms with Crippen molar-refractivity contribution in [1.29, 1.82) is 5.41 Å². The van der Waals surface area contributed by atoms with Gasteiger partial charge in [-0.2, -0.15) is 0 Å². The lowest BCUT2D eigenvalue weighted by Gasteiger charge is -2.18. The van der Waals surface area contributed by atoms with Crippen molar-refractivity contribution in [2.24, 2.45) is 0 Å². The number of para-hydroxylation sites is 2. The number of nitrogens with zero attached hydrogens (tertiary/aromatic N) is 2. The standard InChI is InChI=1S/C25H27N3/c1-3-22(17-20-9-5-4-6-10-20)28-24-12-8-7-11-23(24)27(25(28)26)18-21-15-13-19(2)14-16-21/h4-16,22,26H,3,17-18H2,1-2H3/t22-/m0/s1. The third-order valence-corrected chi connectivity index (χ3v) is 5.53. The van der Waals surface area contributed by atoms with Crippen molar-refractivity contribution in [2.75, 3.05) is 0 Å². The SMILES string of the molecule is CC[C@@H](Cc1ccccc1)n1c(=N)n(Cc2ccc(C)cc2)c2ccccc21. The first-order valence-electron chi connectivity index (χ1n) is 10.0. The lowest BCUT2D eigenvalue weighted by molar-refractivity contribution is 0.463. The van der Waals surface area contributed by atoms with Crippen molar-refractivity contribution in [3.8, 4) is 0 Å². The third-order valence-electron chi connectivity index (χ3n) is 5.53. The molecule has 0 radical (unpaired) electrons. The average Bonchev–Trinajstić information content (AvgIpc) is 3.00. The molecule has 0 unspecified atom stereocenters. The summed E-state index contributed by atoms with van der Waals surface area (Å²) in [7, 11) is 0. The van der Waals surface area contributed by atoms with Gasteiger partial charge in [-0.25, -0.2) is 0 Å². The summed E-state index contributed by atoms with van der Waals surface area (Å²) in [5, 5.41) is 8.99. The van der Waals surface area contributed by atoms with Crippen LogP contribution in [0.5, 0.6) is 0 Å². The fourth-order valence-electron chi connectivity index (χ4n) is 3.96. The Hall–Kier alpha value is -3.07. The molecule has 0 fully saturated rings. The Kier molecular flexibility index (Phi) is 5.16. The van der Waals surface area contributed by atoms with E-state index in [-0.39, 0.29) is 6.04 Å². The number of fused-ring (bicyclic) bond motifs is 1. The molecule has 1 atom stereocenters. The molecule has 0 spiro atoms. The summed E-state index contributed by atoms with van der Waals surface area (Å²) in [4.78, 5) is 0. The maximum absolute atomic E-state index is 8.99. The fourth-order valence-corrected chi connectivity index (χ4v) is 3.96. The number of hydrogen-bond donors (Lipinski definition) is 1. The number of hydrogen-bond acceptors (Lipinski definition) is 1. The van der Waals surface area contributed by atoms with Crippen LogP contribution in [0.25, 0.3) is 11.0 Å². The van der Waals surface area contributed by atoms with Gasteiger partial charge in [0, 0.05) is 6.04 Å². The maximum atomic E-state index is 8.99. The molecule has 3 aromatic carbocycles. The second kappa shape index (κ2) is 7.89. The van der Waals surface area contributed by atoms with Gasteiger partial charge in [0.05, 0.1) is 17.6 Å². The van der Waals surface area contributed by atoms with Crippen LogP contribution >= 0.6 is 0 Å². The molecule has 4 rings (SSSR count). The highest BCUT2D eigenvalue weighted by atomic mass is 15.2. The van der Waals surface area contributed by atoms with Crippen molar-refractivity contribution < 1.29 is 0 Å². The van der Waals surface area contributed by atoms with Crippen LogP contribution in [0.1, 0.15) is 36.1 Å². The summed E-state index contributed by atoms with van der Waals surface area (Å²) in [6.07, 6.45) is 1.93. The number of aryl methyl sites for hydroxylation is 1. The van der Waals surface area contributed by atoms with Crippen molar-refractivity contribution in [2.45, 2.75) is 39.3 Å². The van der Waals surface area contributed by atoms with Crippen molar-refractivity contribution >= 4 is 11.0 Å². The molecule has 0 aliphatic carbocycles. The Bertz CT molecular complexity index is 1120. The lowest BCUT2D eigenvalue weighted by atomic mass is 10.0. The molecule has 0 saturated carbocycles. The number of benzene rings is 3. The van der Waals surface area contributed by atoms with Gasteiger partial charge < -0.3 is 9.13 Å². The number of nitrogens with one attached hydrogen (secondary N) is 1. The molecule has 1 N–H and O–H groups in total. The van der Waals surface area contributed by atoms with E-state index in [1.165, 1.54) is 16.7 Å². The van der Waals surface area contributed by atoms with Crippen molar-refractivity contribution in [1.82, 2.24) is 9.13 Å². The predicted molar refractivity (Wildman–Crippen MR) is 116 cm³/mol. The van der Waals surface area contributed by atoms with Gasteiger partial charge in [-0.1, -0.05) is 79.2 Å². The van der Waals surface area contributed by atoms with Crippen LogP contribution in [0.4, 0.5) is 0 Å². The van der Waals surface area contributed by atoms with Crippen molar-refractivity contribution in [3.63, 3.8) is 0 Å². The third kappa shape index (κ3) is 3.53. The Labute approximate surface area is 166 Å². The molecule has 0 aliphatic heterocycles. The van der Waals surface area contributed by atoms with Crippen LogP contribution < -0.4 is 5.62 Å². The number of rotatable bonds is 6. The first-order valence-corrected chi connectivity index (χ1v) is 10.0. The van der Waals surface area contributed by atoms with Gasteiger partial charge in [0.2, 0.25) is 5.62 Å². The van der Waals surface area contributed by atoms with E-state index in [1.807, 2.05) is 0 Å². The summed E-state index contributed by atoms with van der Waals surface area (Å²) in [5.74, 6) is 0. The van der Waals surface area contributed by atoms with Crippen LogP contribution in [0.15, 0.2) is 78.9 Å². The maximum Gasteiger partial charge on any atom is 0.203 e. The number of imidazole rings is 1. The molecular weight excluding hydrogens is 342 g/mol. The monoisotopic (exact) mass is 369 g/mol. The zero-order chi connectivity index (χ0) is 19.5. The van der Waals surface area contributed by atoms with Gasteiger partial charge in [0.15, 0.2) is 0 Å². The first kappa shape index (κ1) is 18.3. The molecule has 4 aromatic rings. The van der Waals surface area contributed by atoms with Crippen LogP contribution in [-0.4, -0.2) is 9.13 Å². The molecule has 0 bridgehead atoms. The van der Waals surface area contributed by atoms with E-state index in [0.717, 1.165) is 23.9 Å². The van der Waals surface area contributed by atoms with E-state index in [1.54, 1.807) is 0 Å². The highest BCUT2D eigenvalue weighted by molar-refractivity contribution is 5.76. The minimum Gasteiger partial charge on any atom is -0.307 e. The van der Waals surface area contributed by atoms with Crippen molar-refractivity contribution in [3.05, 3.63) is 101 Å². The highest BCUT2D eigenvalue weighted by Crippen LogP contribution is 2.23. The molecule has 28 heavy (non-hydrogen) atoms. The molecule has 1 heterocycles. The van der Waals surface area contributed by atoms with E-state index in [9.17, 15) is 0 Å². The summed E-state index contributed by atoms with van der Waals surface area (Å²) < 4.78 is 4.35. The quantitative estimate of drug-likeness (QED) is 0.467. The minimum absolute atomic E-state index is 0.263. The van der Waals surface area contributed by atoms with Crippen LogP contribution in [-0.2, 0) is 13.0 Å². The Morgan fingerprint density at radius 3 is 2.11 bits per heavy atom. The molecule has 0 aliphatic rings. The van der Waals surface area contributed by atoms with E-state index in [4.69, 9.17) is 5.41 Å². The molecule has 142 valence electrons. The predicted octanol–water partition coefficient (Wildman–Crippen LogP) is 5.47. The zero-order valence-corrected chi connectivity index (χ0v) is 16.6. The van der Waals surface area contributed by atoms with E-state index in [0.29, 0.717) is 12.2 Å². The second-order valence-corrected chi connectivity index (χ2v) is 7.51. The van der Waals surface area contributed by atoms with E-state index >= 15 is 0 Å². The average molecular weight is 370 g/mol. The fraction of sp³-hybridized carbons (Fsp3) is 0.240. The van der Waals surface area contributed by atoms with Gasteiger partial charge in [0.1, 0.15) is 0 Å². The smallest absolute Gasteiger partial charge is 0.203 e. The lowest BCUT2D eigenvalue weighted by Crippen LogP contribution is -2.29. The summed E-state index contributed by atoms with van der Waals surface area (Å²) >= 11 is 0. The first-order chi connectivity index (χ1) is 13.7. The van der Waals surface area contributed by atoms with Gasteiger partial charge in [-0.05, 0) is 43.0 Å². The normalized spacial score (nSPS) is 12.4. The number of aromatic nitrogens is 2. The van der Waals surface area contributed by atoms with Crippen LogP contribution in [0, 0.1) is 12.3 Å². The zero-order valence-electron chi connectivity index (χ0n) is 16.6. The molecule has 0 amide bonds. The summed E-state index contributed by atoms with van der Waals surface area (Å²) in [5.41, 5.74) is 6.64. The van der Waals surface area contributed by atoms with Gasteiger partial charge in [-0.15, -0.1) is 0 Å². The van der Waals surface area contributed by atoms with Crippen LogP contribution in [0.2, 0.25) is 0 Å². The Morgan fingerprint density at radius 1 is 0.786 bits per heavy atom. The largest absolute Gasteiger partial charge is 0.307 e. The molecule has 3 nitrogen and oxygen atoms in total. The van der Waals surface area contributed by atoms with E-state index in [2.05, 4.69) is 102 Å². The topological polar surface area (TPSA) is 33.7 Å². The second-order valence-electron chi connectivity index (χ2n) is 7.51. The van der Waals surface area contributed by atoms with Gasteiger partial charge in [-0.3, -0.25) is 5.41 Å². The van der Waals surface area contributed by atoms with Gasteiger partial charge in [0.25, 0.3) is 0 Å². The van der Waals surface area contributed by atoms with E-state index < -0.39 is 0 Å². The molecule has 1 aromatic heterocycles. The minimum atomic E-state index is 0.263. The van der Waals surface area contributed by atoms with Gasteiger partial charge >= 0.3 is 0 Å². The Morgan fingerprint density at radius 2 is 1.43 bits per heavy atom. The molecule has 3 heteroatoms. The summed E-state index contributed by atoms with van der Waals surface area (Å²) in [6.45, 7) is 5.04. The molecule has 0 saturated heterocycles. The van der Waals surface area contributed by atoms with Crippen LogP contribution in [0.3, 0.4) is 0 Å².